The summed E-state index contributed by atoms with van der Waals surface area (Å²) in [6.45, 7) is 8.43. The van der Waals surface area contributed by atoms with Crippen LogP contribution in [0.1, 0.15) is 25.0 Å². The van der Waals surface area contributed by atoms with Crippen molar-refractivity contribution in [1.82, 2.24) is 0 Å². The summed E-state index contributed by atoms with van der Waals surface area (Å²) in [6.07, 6.45) is 0. The highest BCUT2D eigenvalue weighted by atomic mass is 32.2. The minimum atomic E-state index is 1.08. The van der Waals surface area contributed by atoms with E-state index in [1.165, 1.54) is 11.1 Å². The molecule has 1 aromatic carbocycles. The first-order valence-electron chi connectivity index (χ1n) is 4.89. The molecule has 0 atom stereocenters. The van der Waals surface area contributed by atoms with E-state index in [2.05, 4.69) is 50.9 Å². The molecule has 0 fully saturated rings. The van der Waals surface area contributed by atoms with Crippen molar-refractivity contribution in [2.75, 3.05) is 5.75 Å². The van der Waals surface area contributed by atoms with Crippen LogP contribution in [-0.4, -0.2) is 10.8 Å². The van der Waals surface area contributed by atoms with Gasteiger partial charge in [-0.1, -0.05) is 25.1 Å². The molecule has 2 heteroatoms. The number of nitrogens with zero attached hydrogens (tertiary/aromatic N) is 1. The highest BCUT2D eigenvalue weighted by Gasteiger charge is 2.00. The van der Waals surface area contributed by atoms with Gasteiger partial charge in [-0.05, 0) is 37.7 Å². The molecule has 0 N–H and O–H groups in total. The zero-order chi connectivity index (χ0) is 10.6. The molecular weight excluding hydrogens is 190 g/mol. The fourth-order valence-corrected chi connectivity index (χ4v) is 1.95. The quantitative estimate of drug-likeness (QED) is 0.525. The van der Waals surface area contributed by atoms with E-state index in [4.69, 9.17) is 0 Å². The minimum absolute atomic E-state index is 1.08. The van der Waals surface area contributed by atoms with Crippen LogP contribution in [0.5, 0.6) is 0 Å². The average molecular weight is 207 g/mol. The van der Waals surface area contributed by atoms with Crippen molar-refractivity contribution >= 4 is 22.5 Å². The lowest BCUT2D eigenvalue weighted by Crippen LogP contribution is -1.86. The third kappa shape index (κ3) is 2.88. The Bertz CT molecular complexity index is 322. The molecule has 0 spiro atoms. The summed E-state index contributed by atoms with van der Waals surface area (Å²) in [5.41, 5.74) is 3.63. The highest BCUT2D eigenvalue weighted by molar-refractivity contribution is 8.13. The van der Waals surface area contributed by atoms with Crippen LogP contribution in [0.3, 0.4) is 0 Å². The first-order chi connectivity index (χ1) is 6.65. The Balaban J connectivity index is 3.01. The van der Waals surface area contributed by atoms with E-state index >= 15 is 0 Å². The van der Waals surface area contributed by atoms with Gasteiger partial charge in [0.1, 0.15) is 0 Å². The number of rotatable bonds is 2. The lowest BCUT2D eigenvalue weighted by molar-refractivity contribution is 1.33. The summed E-state index contributed by atoms with van der Waals surface area (Å²) < 4.78 is 0. The van der Waals surface area contributed by atoms with Gasteiger partial charge in [0, 0.05) is 0 Å². The SMILES string of the molecule is CCS/C(C)=N\c1c(C)cccc1C. The summed E-state index contributed by atoms with van der Waals surface area (Å²) >= 11 is 1.79. The van der Waals surface area contributed by atoms with Crippen LogP contribution in [-0.2, 0) is 0 Å². The molecule has 14 heavy (non-hydrogen) atoms. The van der Waals surface area contributed by atoms with Crippen molar-refractivity contribution in [3.05, 3.63) is 29.3 Å². The molecule has 76 valence electrons. The summed E-state index contributed by atoms with van der Waals surface area (Å²) in [4.78, 5) is 4.63. The van der Waals surface area contributed by atoms with Gasteiger partial charge < -0.3 is 0 Å². The topological polar surface area (TPSA) is 12.4 Å². The Hall–Kier alpha value is -0.760. The largest absolute Gasteiger partial charge is 0.246 e. The van der Waals surface area contributed by atoms with Crippen molar-refractivity contribution in [3.8, 4) is 0 Å². The number of para-hydroxylation sites is 1. The zero-order valence-corrected chi connectivity index (χ0v) is 10.1. The van der Waals surface area contributed by atoms with Gasteiger partial charge in [0.05, 0.1) is 10.7 Å². The molecule has 0 aliphatic carbocycles. The molecule has 0 amide bonds. The molecule has 0 saturated heterocycles. The minimum Gasteiger partial charge on any atom is -0.246 e. The van der Waals surface area contributed by atoms with E-state index in [-0.39, 0.29) is 0 Å². The van der Waals surface area contributed by atoms with Crippen LogP contribution in [0.4, 0.5) is 5.69 Å². The summed E-state index contributed by atoms with van der Waals surface area (Å²) in [7, 11) is 0. The van der Waals surface area contributed by atoms with Crippen LogP contribution in [0.25, 0.3) is 0 Å². The van der Waals surface area contributed by atoms with Gasteiger partial charge in [-0.25, -0.2) is 4.99 Å². The highest BCUT2D eigenvalue weighted by Crippen LogP contribution is 2.24. The van der Waals surface area contributed by atoms with Crippen LogP contribution in [0.2, 0.25) is 0 Å². The Labute approximate surface area is 90.6 Å². The first-order valence-corrected chi connectivity index (χ1v) is 5.88. The molecule has 1 rings (SSSR count). The molecular formula is C12H17NS. The Kier molecular flexibility index (Phi) is 4.21. The fourth-order valence-electron chi connectivity index (χ4n) is 1.38. The molecule has 0 unspecified atom stereocenters. The second kappa shape index (κ2) is 5.20. The van der Waals surface area contributed by atoms with Crippen LogP contribution >= 0.6 is 11.8 Å². The smallest absolute Gasteiger partial charge is 0.0707 e. The molecule has 0 aromatic heterocycles. The maximum Gasteiger partial charge on any atom is 0.0707 e. The van der Waals surface area contributed by atoms with Gasteiger partial charge in [-0.3, -0.25) is 0 Å². The Morgan fingerprint density at radius 2 is 1.86 bits per heavy atom. The number of hydrogen-bond donors (Lipinski definition) is 0. The maximum atomic E-state index is 4.63. The van der Waals surface area contributed by atoms with Crippen molar-refractivity contribution in [2.45, 2.75) is 27.7 Å². The molecule has 0 aliphatic heterocycles. The molecule has 1 aromatic rings. The summed E-state index contributed by atoms with van der Waals surface area (Å²) in [5, 5.41) is 1.14. The predicted molar refractivity (Wildman–Crippen MR) is 66.8 cm³/mol. The fraction of sp³-hybridized carbons (Fsp3) is 0.417. The third-order valence-corrected chi connectivity index (χ3v) is 2.86. The second-order valence-corrected chi connectivity index (χ2v) is 4.76. The summed E-state index contributed by atoms with van der Waals surface area (Å²) in [5.74, 6) is 1.08. The van der Waals surface area contributed by atoms with Crippen LogP contribution < -0.4 is 0 Å². The van der Waals surface area contributed by atoms with E-state index in [1.807, 2.05) is 0 Å². The van der Waals surface area contributed by atoms with E-state index in [0.717, 1.165) is 16.5 Å². The van der Waals surface area contributed by atoms with Gasteiger partial charge in [0.25, 0.3) is 0 Å². The monoisotopic (exact) mass is 207 g/mol. The maximum absolute atomic E-state index is 4.63. The Morgan fingerprint density at radius 1 is 1.29 bits per heavy atom. The predicted octanol–water partition coefficient (Wildman–Crippen LogP) is 4.11. The van der Waals surface area contributed by atoms with Gasteiger partial charge in [0.15, 0.2) is 0 Å². The van der Waals surface area contributed by atoms with Crippen LogP contribution in [0, 0.1) is 13.8 Å². The molecule has 1 nitrogen and oxygen atoms in total. The molecule has 0 radical (unpaired) electrons. The van der Waals surface area contributed by atoms with Crippen LogP contribution in [0.15, 0.2) is 23.2 Å². The number of hydrogen-bond acceptors (Lipinski definition) is 2. The van der Waals surface area contributed by atoms with Crippen molar-refractivity contribution in [3.63, 3.8) is 0 Å². The normalized spacial score (nSPS) is 11.9. The van der Waals surface area contributed by atoms with Gasteiger partial charge >= 0.3 is 0 Å². The third-order valence-electron chi connectivity index (χ3n) is 2.06. The molecule has 0 saturated carbocycles. The molecule has 0 aliphatic rings. The average Bonchev–Trinajstić information content (AvgIpc) is 2.12. The number of aliphatic imine (C=N–C) groups is 1. The zero-order valence-electron chi connectivity index (χ0n) is 9.29. The standard InChI is InChI=1S/C12H17NS/c1-5-14-11(4)13-12-9(2)7-6-8-10(12)3/h6-8H,5H2,1-4H3/b13-11-. The first kappa shape index (κ1) is 11.3. The van der Waals surface area contributed by atoms with Crippen molar-refractivity contribution in [2.24, 2.45) is 4.99 Å². The second-order valence-electron chi connectivity index (χ2n) is 3.30. The van der Waals surface area contributed by atoms with Crippen molar-refractivity contribution < 1.29 is 0 Å². The molecule has 0 bridgehead atoms. The van der Waals surface area contributed by atoms with Gasteiger partial charge in [-0.15, -0.1) is 11.8 Å². The van der Waals surface area contributed by atoms with E-state index in [1.54, 1.807) is 11.8 Å². The van der Waals surface area contributed by atoms with Gasteiger partial charge in [0.2, 0.25) is 0 Å². The number of thioether (sulfide) groups is 1. The number of aryl methyl sites for hydroxylation is 2. The van der Waals surface area contributed by atoms with E-state index in [0.29, 0.717) is 0 Å². The van der Waals surface area contributed by atoms with E-state index in [9.17, 15) is 0 Å². The van der Waals surface area contributed by atoms with Crippen molar-refractivity contribution in [1.29, 1.82) is 0 Å². The molecule has 0 heterocycles. The van der Waals surface area contributed by atoms with Gasteiger partial charge in [-0.2, -0.15) is 0 Å². The summed E-state index contributed by atoms with van der Waals surface area (Å²) in [6, 6.07) is 6.29. The number of benzene rings is 1. The lowest BCUT2D eigenvalue weighted by atomic mass is 10.1. The lowest BCUT2D eigenvalue weighted by Gasteiger charge is -2.05. The Morgan fingerprint density at radius 3 is 2.36 bits per heavy atom. The van der Waals surface area contributed by atoms with E-state index < -0.39 is 0 Å².